The minimum atomic E-state index is -0.113. The van der Waals surface area contributed by atoms with E-state index in [4.69, 9.17) is 16.0 Å². The van der Waals surface area contributed by atoms with Gasteiger partial charge in [0.25, 0.3) is 0 Å². The van der Waals surface area contributed by atoms with Crippen molar-refractivity contribution in [3.8, 4) is 0 Å². The molecule has 136 valence electrons. The Morgan fingerprint density at radius 2 is 1.96 bits per heavy atom. The molecule has 1 aromatic carbocycles. The second-order valence-corrected chi connectivity index (χ2v) is 6.99. The number of nitrogens with zero attached hydrogens (tertiary/aromatic N) is 3. The Kier molecular flexibility index (Phi) is 5.18. The van der Waals surface area contributed by atoms with E-state index in [0.717, 1.165) is 27.8 Å². The van der Waals surface area contributed by atoms with Crippen molar-refractivity contribution in [2.24, 2.45) is 0 Å². The van der Waals surface area contributed by atoms with Crippen LogP contribution >= 0.6 is 11.6 Å². The maximum atomic E-state index is 12.6. The highest BCUT2D eigenvalue weighted by atomic mass is 35.5. The first-order chi connectivity index (χ1) is 12.4. The third kappa shape index (κ3) is 3.68. The normalized spacial score (nSPS) is 11.0. The standard InChI is InChI=1S/C20H22ClN3O2/c1-13-7-8-15-10-16(19(21)22-18(15)14(13)2)11-24(20(25)23(3)4)12-17-6-5-9-26-17/h5-10H,11-12H2,1-4H3. The molecule has 26 heavy (non-hydrogen) atoms. The fourth-order valence-electron chi connectivity index (χ4n) is 2.89. The summed E-state index contributed by atoms with van der Waals surface area (Å²) in [5.74, 6) is 0.719. The highest BCUT2D eigenvalue weighted by Crippen LogP contribution is 2.26. The van der Waals surface area contributed by atoms with Gasteiger partial charge in [-0.15, -0.1) is 0 Å². The van der Waals surface area contributed by atoms with Gasteiger partial charge in [-0.05, 0) is 43.2 Å². The number of aromatic nitrogens is 1. The number of fused-ring (bicyclic) bond motifs is 1. The van der Waals surface area contributed by atoms with Crippen LogP contribution in [0.1, 0.15) is 22.5 Å². The number of hydrogen-bond acceptors (Lipinski definition) is 3. The number of carbonyl (C=O) groups excluding carboxylic acids is 1. The van der Waals surface area contributed by atoms with Crippen molar-refractivity contribution in [2.45, 2.75) is 26.9 Å². The third-order valence-electron chi connectivity index (χ3n) is 4.48. The van der Waals surface area contributed by atoms with E-state index in [2.05, 4.69) is 18.0 Å². The van der Waals surface area contributed by atoms with E-state index in [1.165, 1.54) is 5.56 Å². The molecule has 2 amide bonds. The molecule has 6 heteroatoms. The second-order valence-electron chi connectivity index (χ2n) is 6.63. The molecular formula is C20H22ClN3O2. The maximum absolute atomic E-state index is 12.6. The second kappa shape index (κ2) is 7.38. The number of pyridine rings is 1. The molecule has 0 bridgehead atoms. The third-order valence-corrected chi connectivity index (χ3v) is 4.81. The van der Waals surface area contributed by atoms with Gasteiger partial charge in [0.15, 0.2) is 0 Å². The molecule has 0 radical (unpaired) electrons. The van der Waals surface area contributed by atoms with E-state index >= 15 is 0 Å². The van der Waals surface area contributed by atoms with Crippen molar-refractivity contribution in [3.63, 3.8) is 0 Å². The predicted molar refractivity (Wildman–Crippen MR) is 103 cm³/mol. The number of furan rings is 1. The van der Waals surface area contributed by atoms with Crippen LogP contribution in [0.15, 0.2) is 41.0 Å². The molecule has 5 nitrogen and oxygen atoms in total. The van der Waals surface area contributed by atoms with Gasteiger partial charge in [-0.1, -0.05) is 23.7 Å². The average Bonchev–Trinajstić information content (AvgIpc) is 3.11. The topological polar surface area (TPSA) is 49.6 Å². The molecule has 0 aliphatic carbocycles. The molecular weight excluding hydrogens is 350 g/mol. The summed E-state index contributed by atoms with van der Waals surface area (Å²) in [4.78, 5) is 20.4. The zero-order chi connectivity index (χ0) is 18.8. The van der Waals surface area contributed by atoms with E-state index in [1.54, 1.807) is 30.2 Å². The van der Waals surface area contributed by atoms with Crippen LogP contribution in [0.4, 0.5) is 4.79 Å². The molecule has 3 rings (SSSR count). The molecule has 0 saturated carbocycles. The number of amides is 2. The molecule has 0 fully saturated rings. The summed E-state index contributed by atoms with van der Waals surface area (Å²) in [7, 11) is 3.45. The van der Waals surface area contributed by atoms with E-state index in [9.17, 15) is 4.79 Å². The zero-order valence-corrected chi connectivity index (χ0v) is 16.2. The van der Waals surface area contributed by atoms with Crippen molar-refractivity contribution in [1.82, 2.24) is 14.8 Å². The summed E-state index contributed by atoms with van der Waals surface area (Å²) >= 11 is 6.45. The van der Waals surface area contributed by atoms with Crippen LogP contribution in [-0.4, -0.2) is 34.9 Å². The number of aryl methyl sites for hydroxylation is 2. The summed E-state index contributed by atoms with van der Waals surface area (Å²) in [6.45, 7) is 4.82. The van der Waals surface area contributed by atoms with Gasteiger partial charge in [0, 0.05) is 25.0 Å². The number of urea groups is 1. The molecule has 2 heterocycles. The quantitative estimate of drug-likeness (QED) is 0.620. The van der Waals surface area contributed by atoms with Crippen LogP contribution in [0.5, 0.6) is 0 Å². The fraction of sp³-hybridized carbons (Fsp3) is 0.300. The molecule has 0 saturated heterocycles. The zero-order valence-electron chi connectivity index (χ0n) is 15.4. The Balaban J connectivity index is 1.96. The Morgan fingerprint density at radius 3 is 2.62 bits per heavy atom. The van der Waals surface area contributed by atoms with Crippen molar-refractivity contribution in [1.29, 1.82) is 0 Å². The van der Waals surface area contributed by atoms with Gasteiger partial charge in [0.2, 0.25) is 0 Å². The lowest BCUT2D eigenvalue weighted by Gasteiger charge is -2.26. The number of rotatable bonds is 4. The van der Waals surface area contributed by atoms with Crippen molar-refractivity contribution < 1.29 is 9.21 Å². The van der Waals surface area contributed by atoms with Crippen molar-refractivity contribution in [3.05, 3.63) is 64.2 Å². The van der Waals surface area contributed by atoms with Gasteiger partial charge < -0.3 is 14.2 Å². The van der Waals surface area contributed by atoms with Gasteiger partial charge in [-0.3, -0.25) is 0 Å². The summed E-state index contributed by atoms with van der Waals surface area (Å²) in [6.07, 6.45) is 1.60. The fourth-order valence-corrected chi connectivity index (χ4v) is 3.08. The Morgan fingerprint density at radius 1 is 1.19 bits per heavy atom. The van der Waals surface area contributed by atoms with Gasteiger partial charge in [0.1, 0.15) is 10.9 Å². The number of carbonyl (C=O) groups is 1. The average molecular weight is 372 g/mol. The molecule has 2 aromatic heterocycles. The number of hydrogen-bond donors (Lipinski definition) is 0. The SMILES string of the molecule is Cc1ccc2cc(CN(Cc3ccco3)C(=O)N(C)C)c(Cl)nc2c1C. The number of benzene rings is 1. The Labute approximate surface area is 158 Å². The van der Waals surface area contributed by atoms with Gasteiger partial charge in [-0.25, -0.2) is 9.78 Å². The molecule has 0 spiro atoms. The smallest absolute Gasteiger partial charge is 0.320 e. The van der Waals surface area contributed by atoms with Gasteiger partial charge in [0.05, 0.1) is 24.9 Å². The molecule has 0 atom stereocenters. The number of halogens is 1. The van der Waals surface area contributed by atoms with Crippen LogP contribution < -0.4 is 0 Å². The lowest BCUT2D eigenvalue weighted by atomic mass is 10.0. The minimum absolute atomic E-state index is 0.113. The van der Waals surface area contributed by atoms with Crippen LogP contribution in [0.3, 0.4) is 0 Å². The lowest BCUT2D eigenvalue weighted by Crippen LogP contribution is -2.38. The minimum Gasteiger partial charge on any atom is -0.467 e. The first-order valence-electron chi connectivity index (χ1n) is 8.40. The van der Waals surface area contributed by atoms with Crippen LogP contribution in [0.25, 0.3) is 10.9 Å². The summed E-state index contributed by atoms with van der Waals surface area (Å²) in [6, 6.07) is 9.66. The molecule has 0 unspecified atom stereocenters. The predicted octanol–water partition coefficient (Wildman–Crippen LogP) is 4.78. The van der Waals surface area contributed by atoms with Gasteiger partial charge in [-0.2, -0.15) is 0 Å². The van der Waals surface area contributed by atoms with E-state index in [-0.39, 0.29) is 6.03 Å². The molecule has 0 aliphatic rings. The summed E-state index contributed by atoms with van der Waals surface area (Å²) in [5.41, 5.74) is 4.00. The summed E-state index contributed by atoms with van der Waals surface area (Å²) in [5, 5.41) is 1.44. The summed E-state index contributed by atoms with van der Waals surface area (Å²) < 4.78 is 5.40. The van der Waals surface area contributed by atoms with Crippen LogP contribution in [0, 0.1) is 13.8 Å². The van der Waals surface area contributed by atoms with E-state index in [1.807, 2.05) is 31.2 Å². The largest absolute Gasteiger partial charge is 0.467 e. The van der Waals surface area contributed by atoms with Crippen LogP contribution in [0.2, 0.25) is 5.15 Å². The highest BCUT2D eigenvalue weighted by molar-refractivity contribution is 6.30. The van der Waals surface area contributed by atoms with Crippen molar-refractivity contribution in [2.75, 3.05) is 14.1 Å². The monoisotopic (exact) mass is 371 g/mol. The van der Waals surface area contributed by atoms with Gasteiger partial charge >= 0.3 is 6.03 Å². The molecule has 0 N–H and O–H groups in total. The molecule has 0 aliphatic heterocycles. The van der Waals surface area contributed by atoms with E-state index in [0.29, 0.717) is 18.2 Å². The maximum Gasteiger partial charge on any atom is 0.320 e. The highest BCUT2D eigenvalue weighted by Gasteiger charge is 2.20. The van der Waals surface area contributed by atoms with Crippen LogP contribution in [-0.2, 0) is 13.1 Å². The first-order valence-corrected chi connectivity index (χ1v) is 8.78. The van der Waals surface area contributed by atoms with E-state index < -0.39 is 0 Å². The first kappa shape index (κ1) is 18.3. The lowest BCUT2D eigenvalue weighted by molar-refractivity contribution is 0.161. The van der Waals surface area contributed by atoms with Crippen molar-refractivity contribution >= 4 is 28.5 Å². The molecule has 3 aromatic rings. The Hall–Kier alpha value is -2.53. The Bertz CT molecular complexity index is 936.